The SMILES string of the molecule is Cc1oc(C(=O)N2CCC(C(C)C)C2)cc1S(=O)(=O)Cl. The molecule has 0 spiro atoms. The van der Waals surface area contributed by atoms with E-state index in [-0.39, 0.29) is 22.3 Å². The Morgan fingerprint density at radius 2 is 2.15 bits per heavy atom. The molecule has 1 atom stereocenters. The van der Waals surface area contributed by atoms with Crippen molar-refractivity contribution in [2.75, 3.05) is 13.1 Å². The Labute approximate surface area is 123 Å². The van der Waals surface area contributed by atoms with E-state index in [2.05, 4.69) is 13.8 Å². The summed E-state index contributed by atoms with van der Waals surface area (Å²) in [5, 5.41) is 0. The van der Waals surface area contributed by atoms with Gasteiger partial charge in [0.25, 0.3) is 15.0 Å². The maximum atomic E-state index is 12.3. The second-order valence-electron chi connectivity index (χ2n) is 5.51. The topological polar surface area (TPSA) is 67.6 Å². The minimum Gasteiger partial charge on any atom is -0.455 e. The smallest absolute Gasteiger partial charge is 0.289 e. The normalized spacial score (nSPS) is 19.9. The summed E-state index contributed by atoms with van der Waals surface area (Å²) in [6.45, 7) is 7.10. The Balaban J connectivity index is 2.19. The molecule has 0 aromatic carbocycles. The van der Waals surface area contributed by atoms with Crippen LogP contribution in [0.15, 0.2) is 15.4 Å². The number of aryl methyl sites for hydroxylation is 1. The van der Waals surface area contributed by atoms with Gasteiger partial charge in [-0.2, -0.15) is 0 Å². The second kappa shape index (κ2) is 5.41. The van der Waals surface area contributed by atoms with Crippen molar-refractivity contribution >= 4 is 25.6 Å². The quantitative estimate of drug-likeness (QED) is 0.803. The van der Waals surface area contributed by atoms with Gasteiger partial charge in [0.1, 0.15) is 10.7 Å². The van der Waals surface area contributed by atoms with Gasteiger partial charge in [-0.1, -0.05) is 13.8 Å². The fourth-order valence-corrected chi connectivity index (χ4v) is 3.58. The summed E-state index contributed by atoms with van der Waals surface area (Å²) >= 11 is 0. The highest BCUT2D eigenvalue weighted by atomic mass is 35.7. The van der Waals surface area contributed by atoms with Crippen LogP contribution in [-0.2, 0) is 9.05 Å². The maximum absolute atomic E-state index is 12.3. The fraction of sp³-hybridized carbons (Fsp3) is 0.615. The van der Waals surface area contributed by atoms with Crippen LogP contribution in [0.2, 0.25) is 0 Å². The first-order chi connectivity index (χ1) is 9.20. The summed E-state index contributed by atoms with van der Waals surface area (Å²) < 4.78 is 27.9. The van der Waals surface area contributed by atoms with Crippen molar-refractivity contribution in [2.24, 2.45) is 11.8 Å². The van der Waals surface area contributed by atoms with Crippen molar-refractivity contribution in [1.82, 2.24) is 4.90 Å². The first-order valence-corrected chi connectivity index (χ1v) is 8.85. The molecule has 1 aliphatic heterocycles. The van der Waals surface area contributed by atoms with E-state index in [1.807, 2.05) is 0 Å². The number of carbonyl (C=O) groups is 1. The maximum Gasteiger partial charge on any atom is 0.289 e. The first-order valence-electron chi connectivity index (χ1n) is 6.54. The second-order valence-corrected chi connectivity index (χ2v) is 8.05. The van der Waals surface area contributed by atoms with E-state index in [0.717, 1.165) is 6.42 Å². The third-order valence-electron chi connectivity index (χ3n) is 3.80. The lowest BCUT2D eigenvalue weighted by molar-refractivity contribution is 0.0751. The number of halogens is 1. The molecule has 0 bridgehead atoms. The van der Waals surface area contributed by atoms with Gasteiger partial charge in [0.2, 0.25) is 0 Å². The molecule has 1 unspecified atom stereocenters. The van der Waals surface area contributed by atoms with Gasteiger partial charge in [-0.3, -0.25) is 4.79 Å². The monoisotopic (exact) mass is 319 g/mol. The number of furan rings is 1. The van der Waals surface area contributed by atoms with Crippen molar-refractivity contribution in [2.45, 2.75) is 32.1 Å². The predicted octanol–water partition coefficient (Wildman–Crippen LogP) is 2.63. The molecule has 1 amide bonds. The van der Waals surface area contributed by atoms with E-state index in [4.69, 9.17) is 15.1 Å². The zero-order valence-corrected chi connectivity index (χ0v) is 13.3. The third-order valence-corrected chi connectivity index (χ3v) is 5.23. The summed E-state index contributed by atoms with van der Waals surface area (Å²) in [5.74, 6) is 0.896. The molecular weight excluding hydrogens is 302 g/mol. The predicted molar refractivity (Wildman–Crippen MR) is 75.3 cm³/mol. The van der Waals surface area contributed by atoms with Gasteiger partial charge in [0, 0.05) is 29.8 Å². The van der Waals surface area contributed by atoms with Crippen molar-refractivity contribution in [3.05, 3.63) is 17.6 Å². The van der Waals surface area contributed by atoms with Crippen molar-refractivity contribution in [1.29, 1.82) is 0 Å². The van der Waals surface area contributed by atoms with Crippen LogP contribution in [0, 0.1) is 18.8 Å². The zero-order valence-electron chi connectivity index (χ0n) is 11.7. The van der Waals surface area contributed by atoms with Crippen LogP contribution < -0.4 is 0 Å². The van der Waals surface area contributed by atoms with Gasteiger partial charge >= 0.3 is 0 Å². The molecular formula is C13H18ClNO4S. The number of nitrogens with zero attached hydrogens (tertiary/aromatic N) is 1. The number of amides is 1. The Hall–Kier alpha value is -1.01. The third kappa shape index (κ3) is 3.01. The molecule has 1 aromatic heterocycles. The van der Waals surface area contributed by atoms with Crippen LogP contribution in [0.4, 0.5) is 0 Å². The van der Waals surface area contributed by atoms with Crippen LogP contribution in [-0.4, -0.2) is 32.3 Å². The lowest BCUT2D eigenvalue weighted by Crippen LogP contribution is -2.29. The molecule has 5 nitrogen and oxygen atoms in total. The molecule has 0 radical (unpaired) electrons. The number of carbonyl (C=O) groups excluding carboxylic acids is 1. The number of hydrogen-bond acceptors (Lipinski definition) is 4. The van der Waals surface area contributed by atoms with Crippen molar-refractivity contribution in [3.8, 4) is 0 Å². The zero-order chi connectivity index (χ0) is 15.1. The number of likely N-dealkylation sites (tertiary alicyclic amines) is 1. The first kappa shape index (κ1) is 15.4. The largest absolute Gasteiger partial charge is 0.455 e. The van der Waals surface area contributed by atoms with Gasteiger partial charge in [-0.05, 0) is 25.2 Å². The van der Waals surface area contributed by atoms with Gasteiger partial charge in [-0.15, -0.1) is 0 Å². The van der Waals surface area contributed by atoms with Crippen molar-refractivity contribution in [3.63, 3.8) is 0 Å². The summed E-state index contributed by atoms with van der Waals surface area (Å²) in [6, 6.07) is 1.21. The summed E-state index contributed by atoms with van der Waals surface area (Å²) in [4.78, 5) is 13.9. The van der Waals surface area contributed by atoms with Crippen LogP contribution >= 0.6 is 10.7 Å². The minimum atomic E-state index is -3.89. The lowest BCUT2D eigenvalue weighted by atomic mass is 9.95. The minimum absolute atomic E-state index is 0.0335. The molecule has 1 fully saturated rings. The average molecular weight is 320 g/mol. The number of rotatable bonds is 3. The van der Waals surface area contributed by atoms with Crippen LogP contribution in [0.3, 0.4) is 0 Å². The van der Waals surface area contributed by atoms with E-state index in [9.17, 15) is 13.2 Å². The molecule has 112 valence electrons. The Bertz CT molecular complexity index is 620. The van der Waals surface area contributed by atoms with E-state index in [1.165, 1.54) is 13.0 Å². The van der Waals surface area contributed by atoms with E-state index >= 15 is 0 Å². The summed E-state index contributed by atoms with van der Waals surface area (Å²) in [6.07, 6.45) is 0.962. The summed E-state index contributed by atoms with van der Waals surface area (Å²) in [5.41, 5.74) is 0. The molecule has 1 saturated heterocycles. The molecule has 2 rings (SSSR count). The Morgan fingerprint density at radius 3 is 2.60 bits per heavy atom. The average Bonchev–Trinajstić information content (AvgIpc) is 2.93. The fourth-order valence-electron chi connectivity index (χ4n) is 2.48. The standard InChI is InChI=1S/C13H18ClNO4S/c1-8(2)10-4-5-15(7-10)13(16)11-6-12(9(3)19-11)20(14,17)18/h6,8,10H,4-5,7H2,1-3H3. The Kier molecular flexibility index (Phi) is 4.16. The van der Waals surface area contributed by atoms with Gasteiger partial charge < -0.3 is 9.32 Å². The molecule has 2 heterocycles. The highest BCUT2D eigenvalue weighted by Crippen LogP contribution is 2.28. The van der Waals surface area contributed by atoms with Gasteiger partial charge in [0.15, 0.2) is 5.76 Å². The molecule has 20 heavy (non-hydrogen) atoms. The van der Waals surface area contributed by atoms with E-state index in [1.54, 1.807) is 4.90 Å². The highest BCUT2D eigenvalue weighted by Gasteiger charge is 2.31. The molecule has 1 aromatic rings. The van der Waals surface area contributed by atoms with Gasteiger partial charge in [0.05, 0.1) is 0 Å². The van der Waals surface area contributed by atoms with E-state index < -0.39 is 9.05 Å². The van der Waals surface area contributed by atoms with Crippen molar-refractivity contribution < 1.29 is 17.6 Å². The summed E-state index contributed by atoms with van der Waals surface area (Å²) in [7, 11) is 1.41. The van der Waals surface area contributed by atoms with Crippen LogP contribution in [0.25, 0.3) is 0 Å². The lowest BCUT2D eigenvalue weighted by Gasteiger charge is -2.16. The molecule has 1 aliphatic rings. The highest BCUT2D eigenvalue weighted by molar-refractivity contribution is 8.13. The van der Waals surface area contributed by atoms with Crippen LogP contribution in [0.5, 0.6) is 0 Å². The van der Waals surface area contributed by atoms with E-state index in [0.29, 0.717) is 24.9 Å². The molecule has 0 saturated carbocycles. The molecule has 0 N–H and O–H groups in total. The van der Waals surface area contributed by atoms with Crippen LogP contribution in [0.1, 0.15) is 36.6 Å². The van der Waals surface area contributed by atoms with Gasteiger partial charge in [-0.25, -0.2) is 8.42 Å². The molecule has 7 heteroatoms. The Morgan fingerprint density at radius 1 is 1.50 bits per heavy atom. The molecule has 0 aliphatic carbocycles. The number of hydrogen-bond donors (Lipinski definition) is 0.